The molecule has 5 heteroatoms. The van der Waals surface area contributed by atoms with Crippen molar-refractivity contribution in [3.63, 3.8) is 0 Å². The standard InChI is InChI=1S/C17H24N4O/c1-22-12-9-19-15-3-4-16-14(13-15)5-7-20-17(16)21-10-2-6-18-8-11-21/h3-5,7,13,18-19H,2,6,8-12H2,1H3. The van der Waals surface area contributed by atoms with Crippen LogP contribution in [0.1, 0.15) is 6.42 Å². The van der Waals surface area contributed by atoms with Crippen molar-refractivity contribution in [3.8, 4) is 0 Å². The fourth-order valence-electron chi connectivity index (χ4n) is 2.88. The summed E-state index contributed by atoms with van der Waals surface area (Å²) in [5.41, 5.74) is 1.12. The Bertz CT molecular complexity index is 609. The van der Waals surface area contributed by atoms with Crippen LogP contribution in [0.4, 0.5) is 11.5 Å². The molecule has 1 aromatic carbocycles. The van der Waals surface area contributed by atoms with Gasteiger partial charge in [0.05, 0.1) is 6.61 Å². The van der Waals surface area contributed by atoms with Crippen LogP contribution in [-0.4, -0.2) is 51.4 Å². The number of rotatable bonds is 5. The predicted octanol–water partition coefficient (Wildman–Crippen LogP) is 2.09. The monoisotopic (exact) mass is 300 g/mol. The van der Waals surface area contributed by atoms with E-state index in [0.29, 0.717) is 6.61 Å². The Morgan fingerprint density at radius 1 is 1.27 bits per heavy atom. The molecule has 0 atom stereocenters. The molecule has 0 saturated carbocycles. The van der Waals surface area contributed by atoms with Crippen molar-refractivity contribution < 1.29 is 4.74 Å². The van der Waals surface area contributed by atoms with Gasteiger partial charge < -0.3 is 20.3 Å². The van der Waals surface area contributed by atoms with Crippen molar-refractivity contribution in [3.05, 3.63) is 30.5 Å². The zero-order chi connectivity index (χ0) is 15.2. The third kappa shape index (κ3) is 3.48. The second-order valence-electron chi connectivity index (χ2n) is 5.58. The second kappa shape index (κ2) is 7.42. The van der Waals surface area contributed by atoms with Crippen molar-refractivity contribution >= 4 is 22.3 Å². The molecule has 0 unspecified atom stereocenters. The maximum atomic E-state index is 5.08. The number of aromatic nitrogens is 1. The zero-order valence-electron chi connectivity index (χ0n) is 13.1. The summed E-state index contributed by atoms with van der Waals surface area (Å²) >= 11 is 0. The van der Waals surface area contributed by atoms with E-state index in [9.17, 15) is 0 Å². The number of methoxy groups -OCH3 is 1. The average Bonchev–Trinajstić information content (AvgIpc) is 2.83. The maximum Gasteiger partial charge on any atom is 0.136 e. The first kappa shape index (κ1) is 15.1. The first-order chi connectivity index (χ1) is 10.9. The third-order valence-electron chi connectivity index (χ3n) is 4.02. The molecule has 2 heterocycles. The molecule has 22 heavy (non-hydrogen) atoms. The van der Waals surface area contributed by atoms with Crippen molar-refractivity contribution in [2.24, 2.45) is 0 Å². The van der Waals surface area contributed by atoms with E-state index in [1.807, 2.05) is 6.20 Å². The minimum absolute atomic E-state index is 0.709. The summed E-state index contributed by atoms with van der Waals surface area (Å²) in [6, 6.07) is 8.56. The SMILES string of the molecule is COCCNc1ccc2c(N3CCCNCC3)nccc2c1. The highest BCUT2D eigenvalue weighted by molar-refractivity contribution is 5.94. The van der Waals surface area contributed by atoms with Crippen molar-refractivity contribution in [1.29, 1.82) is 0 Å². The van der Waals surface area contributed by atoms with Gasteiger partial charge in [-0.05, 0) is 42.6 Å². The molecule has 0 aliphatic carbocycles. The highest BCUT2D eigenvalue weighted by atomic mass is 16.5. The largest absolute Gasteiger partial charge is 0.383 e. The van der Waals surface area contributed by atoms with Crippen LogP contribution in [0, 0.1) is 0 Å². The van der Waals surface area contributed by atoms with Crippen LogP contribution < -0.4 is 15.5 Å². The molecule has 1 aliphatic rings. The smallest absolute Gasteiger partial charge is 0.136 e. The van der Waals surface area contributed by atoms with Crippen LogP contribution in [-0.2, 0) is 4.74 Å². The predicted molar refractivity (Wildman–Crippen MR) is 91.8 cm³/mol. The zero-order valence-corrected chi connectivity index (χ0v) is 13.1. The maximum absolute atomic E-state index is 5.08. The van der Waals surface area contributed by atoms with E-state index in [1.54, 1.807) is 7.11 Å². The number of nitrogens with one attached hydrogen (secondary N) is 2. The summed E-state index contributed by atoms with van der Waals surface area (Å²) in [6.45, 7) is 5.72. The van der Waals surface area contributed by atoms with Gasteiger partial charge >= 0.3 is 0 Å². The quantitative estimate of drug-likeness (QED) is 0.828. The molecule has 1 saturated heterocycles. The molecule has 0 spiro atoms. The Morgan fingerprint density at radius 2 is 2.23 bits per heavy atom. The molecule has 2 aromatic rings. The Balaban J connectivity index is 1.85. The van der Waals surface area contributed by atoms with E-state index in [2.05, 4.69) is 44.8 Å². The molecule has 1 aromatic heterocycles. The van der Waals surface area contributed by atoms with E-state index in [0.717, 1.165) is 50.6 Å². The lowest BCUT2D eigenvalue weighted by Gasteiger charge is -2.22. The summed E-state index contributed by atoms with van der Waals surface area (Å²) in [4.78, 5) is 7.02. The van der Waals surface area contributed by atoms with Gasteiger partial charge in [-0.15, -0.1) is 0 Å². The van der Waals surface area contributed by atoms with E-state index < -0.39 is 0 Å². The number of benzene rings is 1. The van der Waals surface area contributed by atoms with Crippen LogP contribution >= 0.6 is 0 Å². The molecule has 3 rings (SSSR count). The van der Waals surface area contributed by atoms with Gasteiger partial charge in [-0.3, -0.25) is 0 Å². The number of ether oxygens (including phenoxy) is 1. The Morgan fingerprint density at radius 3 is 3.14 bits per heavy atom. The number of fused-ring (bicyclic) bond motifs is 1. The molecule has 0 amide bonds. The first-order valence-corrected chi connectivity index (χ1v) is 7.96. The van der Waals surface area contributed by atoms with Gasteiger partial charge in [0.15, 0.2) is 0 Å². The van der Waals surface area contributed by atoms with Crippen LogP contribution in [0.25, 0.3) is 10.8 Å². The van der Waals surface area contributed by atoms with Gasteiger partial charge in [-0.1, -0.05) is 0 Å². The summed E-state index contributed by atoms with van der Waals surface area (Å²) in [7, 11) is 1.72. The van der Waals surface area contributed by atoms with Gasteiger partial charge in [-0.25, -0.2) is 4.98 Å². The van der Waals surface area contributed by atoms with Gasteiger partial charge in [0, 0.05) is 50.6 Å². The van der Waals surface area contributed by atoms with Crippen molar-refractivity contribution in [2.75, 3.05) is 56.7 Å². The summed E-state index contributed by atoms with van der Waals surface area (Å²) < 4.78 is 5.08. The van der Waals surface area contributed by atoms with Gasteiger partial charge in [-0.2, -0.15) is 0 Å². The highest BCUT2D eigenvalue weighted by Crippen LogP contribution is 2.27. The highest BCUT2D eigenvalue weighted by Gasteiger charge is 2.13. The fraction of sp³-hybridized carbons (Fsp3) is 0.471. The van der Waals surface area contributed by atoms with E-state index in [-0.39, 0.29) is 0 Å². The fourth-order valence-corrected chi connectivity index (χ4v) is 2.88. The Labute approximate surface area is 131 Å². The van der Waals surface area contributed by atoms with Crippen LogP contribution in [0.5, 0.6) is 0 Å². The first-order valence-electron chi connectivity index (χ1n) is 7.96. The molecule has 5 nitrogen and oxygen atoms in total. The lowest BCUT2D eigenvalue weighted by molar-refractivity contribution is 0.211. The summed E-state index contributed by atoms with van der Waals surface area (Å²) in [6.07, 6.45) is 3.07. The molecular formula is C17H24N4O. The number of nitrogens with zero attached hydrogens (tertiary/aromatic N) is 2. The van der Waals surface area contributed by atoms with E-state index >= 15 is 0 Å². The minimum atomic E-state index is 0.709. The number of anilines is 2. The Hall–Kier alpha value is -1.85. The molecular weight excluding hydrogens is 276 g/mol. The summed E-state index contributed by atoms with van der Waals surface area (Å²) in [5, 5.41) is 9.27. The lowest BCUT2D eigenvalue weighted by atomic mass is 10.1. The van der Waals surface area contributed by atoms with Gasteiger partial charge in [0.25, 0.3) is 0 Å². The molecule has 1 aliphatic heterocycles. The lowest BCUT2D eigenvalue weighted by Crippen LogP contribution is -2.28. The van der Waals surface area contributed by atoms with Crippen LogP contribution in [0.2, 0.25) is 0 Å². The Kier molecular flexibility index (Phi) is 5.08. The average molecular weight is 300 g/mol. The van der Waals surface area contributed by atoms with Gasteiger partial charge in [0.1, 0.15) is 5.82 Å². The molecule has 0 bridgehead atoms. The van der Waals surface area contributed by atoms with Crippen molar-refractivity contribution in [1.82, 2.24) is 10.3 Å². The minimum Gasteiger partial charge on any atom is -0.383 e. The molecule has 118 valence electrons. The number of pyridine rings is 1. The van der Waals surface area contributed by atoms with E-state index in [1.165, 1.54) is 10.8 Å². The third-order valence-corrected chi connectivity index (χ3v) is 4.02. The topological polar surface area (TPSA) is 49.4 Å². The molecule has 2 N–H and O–H groups in total. The normalized spacial score (nSPS) is 15.8. The number of hydrogen-bond donors (Lipinski definition) is 2. The summed E-state index contributed by atoms with van der Waals surface area (Å²) in [5.74, 6) is 1.10. The molecule has 0 radical (unpaired) electrons. The molecule has 1 fully saturated rings. The van der Waals surface area contributed by atoms with Crippen molar-refractivity contribution in [2.45, 2.75) is 6.42 Å². The van der Waals surface area contributed by atoms with E-state index in [4.69, 9.17) is 4.74 Å². The van der Waals surface area contributed by atoms with Gasteiger partial charge in [0.2, 0.25) is 0 Å². The number of hydrogen-bond acceptors (Lipinski definition) is 5. The van der Waals surface area contributed by atoms with Crippen LogP contribution in [0.3, 0.4) is 0 Å². The van der Waals surface area contributed by atoms with Crippen LogP contribution in [0.15, 0.2) is 30.5 Å². The second-order valence-corrected chi connectivity index (χ2v) is 5.58.